The smallest absolute Gasteiger partial charge is 0.349 e. The van der Waals surface area contributed by atoms with Gasteiger partial charge in [-0.3, -0.25) is 4.79 Å². The van der Waals surface area contributed by atoms with Crippen LogP contribution in [0.3, 0.4) is 0 Å². The topological polar surface area (TPSA) is 94.8 Å². The Labute approximate surface area is 160 Å². The van der Waals surface area contributed by atoms with Gasteiger partial charge in [0, 0.05) is 18.0 Å². The quantitative estimate of drug-likeness (QED) is 0.400. The summed E-state index contributed by atoms with van der Waals surface area (Å²) in [6.45, 7) is 4.39. The van der Waals surface area contributed by atoms with Gasteiger partial charge in [0.1, 0.15) is 28.2 Å². The Kier molecular flexibility index (Phi) is 5.74. The van der Waals surface area contributed by atoms with E-state index < -0.39 is 17.5 Å². The molecule has 2 aromatic carbocycles. The highest BCUT2D eigenvalue weighted by Gasteiger charge is 2.16. The zero-order valence-corrected chi connectivity index (χ0v) is 15.5. The van der Waals surface area contributed by atoms with Gasteiger partial charge in [0.15, 0.2) is 0 Å². The van der Waals surface area contributed by atoms with Crippen molar-refractivity contribution in [2.45, 2.75) is 13.8 Å². The van der Waals surface area contributed by atoms with E-state index in [4.69, 9.17) is 13.9 Å². The molecule has 1 aromatic heterocycles. The fourth-order valence-electron chi connectivity index (χ4n) is 2.65. The van der Waals surface area contributed by atoms with Crippen molar-refractivity contribution in [3.63, 3.8) is 0 Å². The molecular weight excluding hydrogens is 362 g/mol. The van der Waals surface area contributed by atoms with Gasteiger partial charge in [0.05, 0.1) is 6.61 Å². The minimum absolute atomic E-state index is 0.0789. The molecule has 7 nitrogen and oxygen atoms in total. The van der Waals surface area contributed by atoms with Crippen LogP contribution in [0.1, 0.15) is 34.6 Å². The number of ether oxygens (including phenoxy) is 2. The average molecular weight is 381 g/mol. The van der Waals surface area contributed by atoms with Gasteiger partial charge in [-0.15, -0.1) is 0 Å². The number of carbonyl (C=O) groups excluding carboxylic acids is 2. The molecule has 0 saturated carbocycles. The van der Waals surface area contributed by atoms with E-state index in [2.05, 4.69) is 5.32 Å². The Morgan fingerprint density at radius 2 is 1.82 bits per heavy atom. The number of para-hydroxylation sites is 1. The molecule has 0 atom stereocenters. The van der Waals surface area contributed by atoms with Crippen LogP contribution in [0.4, 0.5) is 0 Å². The zero-order valence-electron chi connectivity index (χ0n) is 15.5. The fraction of sp³-hybridized carbons (Fsp3) is 0.190. The number of hydrogen-bond acceptors (Lipinski definition) is 6. The first-order chi connectivity index (χ1) is 13.5. The SMILES string of the molecule is CCNC(=O)c1cc2ccc(OC(=O)c3ccccc3OCC)cc2oc1=O. The molecule has 0 unspecified atom stereocenters. The molecule has 3 rings (SSSR count). The van der Waals surface area contributed by atoms with Gasteiger partial charge in [0.2, 0.25) is 0 Å². The summed E-state index contributed by atoms with van der Waals surface area (Å²) in [5, 5.41) is 3.10. The molecule has 1 amide bonds. The first-order valence-electron chi connectivity index (χ1n) is 8.83. The minimum atomic E-state index is -0.761. The van der Waals surface area contributed by atoms with E-state index in [1.165, 1.54) is 12.1 Å². The molecule has 1 heterocycles. The number of amides is 1. The molecule has 7 heteroatoms. The Hall–Kier alpha value is -3.61. The highest BCUT2D eigenvalue weighted by Crippen LogP contribution is 2.24. The van der Waals surface area contributed by atoms with E-state index in [-0.39, 0.29) is 22.5 Å². The monoisotopic (exact) mass is 381 g/mol. The molecule has 0 aliphatic heterocycles. The fourth-order valence-corrected chi connectivity index (χ4v) is 2.65. The molecule has 0 aliphatic carbocycles. The molecule has 1 N–H and O–H groups in total. The Morgan fingerprint density at radius 3 is 2.57 bits per heavy atom. The van der Waals surface area contributed by atoms with Crippen LogP contribution in [0.5, 0.6) is 11.5 Å². The van der Waals surface area contributed by atoms with Crippen molar-refractivity contribution in [1.82, 2.24) is 5.32 Å². The predicted molar refractivity (Wildman–Crippen MR) is 103 cm³/mol. The van der Waals surface area contributed by atoms with Crippen LogP contribution >= 0.6 is 0 Å². The third-order valence-electron chi connectivity index (χ3n) is 3.91. The number of rotatable bonds is 6. The highest BCUT2D eigenvalue weighted by molar-refractivity contribution is 5.97. The van der Waals surface area contributed by atoms with Gasteiger partial charge in [-0.1, -0.05) is 12.1 Å². The van der Waals surface area contributed by atoms with E-state index >= 15 is 0 Å². The van der Waals surface area contributed by atoms with Gasteiger partial charge in [-0.05, 0) is 44.2 Å². The van der Waals surface area contributed by atoms with Crippen LogP contribution in [-0.2, 0) is 0 Å². The average Bonchev–Trinajstić information content (AvgIpc) is 2.68. The molecule has 0 radical (unpaired) electrons. The van der Waals surface area contributed by atoms with Crippen molar-refractivity contribution in [2.75, 3.05) is 13.2 Å². The molecule has 0 bridgehead atoms. The molecule has 0 spiro atoms. The number of nitrogens with one attached hydrogen (secondary N) is 1. The summed E-state index contributed by atoms with van der Waals surface area (Å²) in [7, 11) is 0. The lowest BCUT2D eigenvalue weighted by Gasteiger charge is -2.10. The standard InChI is InChI=1S/C21H19NO6/c1-3-22-19(23)16-11-13-9-10-14(12-18(13)28-21(16)25)27-20(24)15-7-5-6-8-17(15)26-4-2/h5-12H,3-4H2,1-2H3,(H,22,23). The lowest BCUT2D eigenvalue weighted by atomic mass is 10.1. The summed E-state index contributed by atoms with van der Waals surface area (Å²) in [4.78, 5) is 36.5. The minimum Gasteiger partial charge on any atom is -0.493 e. The third-order valence-corrected chi connectivity index (χ3v) is 3.91. The van der Waals surface area contributed by atoms with Crippen LogP contribution in [0, 0.1) is 0 Å². The summed E-state index contributed by atoms with van der Waals surface area (Å²) in [6, 6.07) is 12.8. The first kappa shape index (κ1) is 19.2. The van der Waals surface area contributed by atoms with Crippen molar-refractivity contribution < 1.29 is 23.5 Å². The van der Waals surface area contributed by atoms with E-state index in [0.717, 1.165) is 0 Å². The van der Waals surface area contributed by atoms with Crippen molar-refractivity contribution in [3.05, 3.63) is 70.1 Å². The Morgan fingerprint density at radius 1 is 1.04 bits per heavy atom. The van der Waals surface area contributed by atoms with E-state index in [9.17, 15) is 14.4 Å². The number of benzene rings is 2. The van der Waals surface area contributed by atoms with E-state index in [1.54, 1.807) is 43.3 Å². The summed E-state index contributed by atoms with van der Waals surface area (Å²) in [6.07, 6.45) is 0. The summed E-state index contributed by atoms with van der Waals surface area (Å²) in [5.41, 5.74) is -0.340. The van der Waals surface area contributed by atoms with Gasteiger partial charge in [-0.2, -0.15) is 0 Å². The van der Waals surface area contributed by atoms with Gasteiger partial charge < -0.3 is 19.2 Å². The van der Waals surface area contributed by atoms with Crippen LogP contribution in [0.2, 0.25) is 0 Å². The lowest BCUT2D eigenvalue weighted by Crippen LogP contribution is -2.27. The van der Waals surface area contributed by atoms with Crippen molar-refractivity contribution in [1.29, 1.82) is 0 Å². The summed E-state index contributed by atoms with van der Waals surface area (Å²) >= 11 is 0. The predicted octanol–water partition coefficient (Wildman–Crippen LogP) is 3.16. The summed E-state index contributed by atoms with van der Waals surface area (Å²) < 4.78 is 16.0. The van der Waals surface area contributed by atoms with Crippen molar-refractivity contribution in [3.8, 4) is 11.5 Å². The Balaban J connectivity index is 1.89. The number of fused-ring (bicyclic) bond motifs is 1. The van der Waals surface area contributed by atoms with Crippen LogP contribution < -0.4 is 20.4 Å². The van der Waals surface area contributed by atoms with Gasteiger partial charge in [-0.25, -0.2) is 9.59 Å². The maximum absolute atomic E-state index is 12.5. The zero-order chi connectivity index (χ0) is 20.1. The third kappa shape index (κ3) is 4.03. The largest absolute Gasteiger partial charge is 0.493 e. The molecular formula is C21H19NO6. The van der Waals surface area contributed by atoms with Gasteiger partial charge >= 0.3 is 11.6 Å². The number of hydrogen-bond donors (Lipinski definition) is 1. The molecule has 3 aromatic rings. The normalized spacial score (nSPS) is 10.5. The second-order valence-electron chi connectivity index (χ2n) is 5.83. The van der Waals surface area contributed by atoms with E-state index in [1.807, 2.05) is 6.92 Å². The molecule has 0 saturated heterocycles. The van der Waals surface area contributed by atoms with Crippen molar-refractivity contribution in [2.24, 2.45) is 0 Å². The van der Waals surface area contributed by atoms with Crippen LogP contribution in [-0.4, -0.2) is 25.0 Å². The maximum atomic E-state index is 12.5. The molecule has 144 valence electrons. The number of esters is 1. The Bertz CT molecular complexity index is 1090. The molecule has 0 fully saturated rings. The van der Waals surface area contributed by atoms with E-state index in [0.29, 0.717) is 24.3 Å². The highest BCUT2D eigenvalue weighted by atomic mass is 16.5. The lowest BCUT2D eigenvalue weighted by molar-refractivity contribution is 0.0730. The van der Waals surface area contributed by atoms with Crippen LogP contribution in [0.15, 0.2) is 57.7 Å². The second-order valence-corrected chi connectivity index (χ2v) is 5.83. The second kappa shape index (κ2) is 8.39. The molecule has 28 heavy (non-hydrogen) atoms. The van der Waals surface area contributed by atoms with Crippen molar-refractivity contribution >= 4 is 22.8 Å². The van der Waals surface area contributed by atoms with Crippen LogP contribution in [0.25, 0.3) is 11.0 Å². The summed E-state index contributed by atoms with van der Waals surface area (Å²) in [5.74, 6) is -0.461. The maximum Gasteiger partial charge on any atom is 0.349 e. The van der Waals surface area contributed by atoms with Gasteiger partial charge in [0.25, 0.3) is 5.91 Å². The molecule has 0 aliphatic rings. The first-order valence-corrected chi connectivity index (χ1v) is 8.83. The number of carbonyl (C=O) groups is 2.